The largest absolute Gasteiger partial charge is 0.391 e. The van der Waals surface area contributed by atoms with E-state index in [0.29, 0.717) is 0 Å². The van der Waals surface area contributed by atoms with Crippen molar-refractivity contribution in [1.29, 1.82) is 0 Å². The second kappa shape index (κ2) is 4.88. The summed E-state index contributed by atoms with van der Waals surface area (Å²) in [5.41, 5.74) is 2.14. The number of hydrogen-bond acceptors (Lipinski definition) is 2. The Balaban J connectivity index is 2.30. The number of halogens is 1. The smallest absolute Gasteiger partial charge is 0.0781 e. The zero-order chi connectivity index (χ0) is 11.7. The number of aryl methyl sites for hydroxylation is 1. The first kappa shape index (κ1) is 12.1. The van der Waals surface area contributed by atoms with Crippen molar-refractivity contribution < 1.29 is 5.11 Å². The lowest BCUT2D eigenvalue weighted by molar-refractivity contribution is 0.0978. The highest BCUT2D eigenvalue weighted by Crippen LogP contribution is 2.31. The van der Waals surface area contributed by atoms with Crippen LogP contribution in [-0.4, -0.2) is 21.0 Å². The Morgan fingerprint density at radius 2 is 1.94 bits per heavy atom. The van der Waals surface area contributed by atoms with Gasteiger partial charge in [0, 0.05) is 0 Å². The van der Waals surface area contributed by atoms with Gasteiger partial charge in [0.15, 0.2) is 0 Å². The van der Waals surface area contributed by atoms with Gasteiger partial charge in [0.05, 0.1) is 28.0 Å². The molecule has 0 spiro atoms. The Bertz CT molecular complexity index is 375. The molecule has 0 radical (unpaired) electrons. The number of rotatable bonds is 1. The molecule has 1 N–H and O–H groups in total. The van der Waals surface area contributed by atoms with Crippen molar-refractivity contribution in [2.75, 3.05) is 0 Å². The summed E-state index contributed by atoms with van der Waals surface area (Å²) in [6, 6.07) is 0.160. The van der Waals surface area contributed by atoms with E-state index in [9.17, 15) is 5.11 Å². The van der Waals surface area contributed by atoms with E-state index < -0.39 is 0 Å². The molecule has 1 aromatic rings. The zero-order valence-electron chi connectivity index (χ0n) is 9.91. The predicted octanol–water partition coefficient (Wildman–Crippen LogP) is 3.13. The lowest BCUT2D eigenvalue weighted by atomic mass is 10.1. The summed E-state index contributed by atoms with van der Waals surface area (Å²) in [5.74, 6) is 0. The molecular weight excluding hydrogens is 268 g/mol. The molecule has 2 rings (SSSR count). The van der Waals surface area contributed by atoms with Crippen molar-refractivity contribution in [3.05, 3.63) is 15.9 Å². The van der Waals surface area contributed by atoms with Gasteiger partial charge in [-0.05, 0) is 42.6 Å². The number of nitrogens with zero attached hydrogens (tertiary/aromatic N) is 2. The molecule has 2 atom stereocenters. The molecule has 1 aliphatic carbocycles. The molecule has 1 aromatic heterocycles. The average molecular weight is 287 g/mol. The molecule has 0 aliphatic heterocycles. The van der Waals surface area contributed by atoms with Crippen LogP contribution in [-0.2, 0) is 0 Å². The summed E-state index contributed by atoms with van der Waals surface area (Å²) in [6.07, 6.45) is 5.26. The normalized spacial score (nSPS) is 26.8. The predicted molar refractivity (Wildman–Crippen MR) is 67.5 cm³/mol. The monoisotopic (exact) mass is 286 g/mol. The molecular formula is C12H19BrN2O. The minimum absolute atomic E-state index is 0.160. The Morgan fingerprint density at radius 1 is 1.25 bits per heavy atom. The Morgan fingerprint density at radius 3 is 2.56 bits per heavy atom. The van der Waals surface area contributed by atoms with E-state index in [0.717, 1.165) is 35.1 Å². The average Bonchev–Trinajstić information content (AvgIpc) is 2.47. The van der Waals surface area contributed by atoms with Gasteiger partial charge in [-0.2, -0.15) is 5.10 Å². The highest BCUT2D eigenvalue weighted by atomic mass is 79.9. The standard InChI is InChI=1S/C12H19BrN2O/c1-8-12(13)9(2)15(14-8)10-6-4-3-5-7-11(10)16/h10-11,16H,3-7H2,1-2H3. The summed E-state index contributed by atoms with van der Waals surface area (Å²) < 4.78 is 3.08. The molecule has 0 amide bonds. The molecule has 0 bridgehead atoms. The highest BCUT2D eigenvalue weighted by Gasteiger charge is 2.26. The topological polar surface area (TPSA) is 38.0 Å². The molecule has 4 heteroatoms. The van der Waals surface area contributed by atoms with Crippen LogP contribution in [0.1, 0.15) is 49.5 Å². The minimum Gasteiger partial charge on any atom is -0.391 e. The summed E-state index contributed by atoms with van der Waals surface area (Å²) in [6.45, 7) is 4.05. The van der Waals surface area contributed by atoms with E-state index in [4.69, 9.17) is 0 Å². The van der Waals surface area contributed by atoms with E-state index in [1.165, 1.54) is 12.8 Å². The van der Waals surface area contributed by atoms with Gasteiger partial charge < -0.3 is 5.11 Å². The number of hydrogen-bond donors (Lipinski definition) is 1. The third kappa shape index (κ3) is 2.18. The van der Waals surface area contributed by atoms with Crippen molar-refractivity contribution in [1.82, 2.24) is 9.78 Å². The van der Waals surface area contributed by atoms with Crippen LogP contribution in [0.2, 0.25) is 0 Å². The van der Waals surface area contributed by atoms with E-state index in [2.05, 4.69) is 28.0 Å². The molecule has 0 aromatic carbocycles. The first-order valence-corrected chi connectivity index (χ1v) is 6.80. The van der Waals surface area contributed by atoms with Crippen LogP contribution >= 0.6 is 15.9 Å². The summed E-state index contributed by atoms with van der Waals surface area (Å²) >= 11 is 3.54. The third-order valence-electron chi connectivity index (χ3n) is 3.49. The van der Waals surface area contributed by atoms with E-state index in [1.807, 2.05) is 11.6 Å². The zero-order valence-corrected chi connectivity index (χ0v) is 11.5. The molecule has 1 saturated carbocycles. The van der Waals surface area contributed by atoms with E-state index >= 15 is 0 Å². The van der Waals surface area contributed by atoms with Crippen LogP contribution in [0.3, 0.4) is 0 Å². The van der Waals surface area contributed by atoms with E-state index in [1.54, 1.807) is 0 Å². The third-order valence-corrected chi connectivity index (χ3v) is 4.64. The highest BCUT2D eigenvalue weighted by molar-refractivity contribution is 9.10. The molecule has 1 heterocycles. The summed E-state index contributed by atoms with van der Waals surface area (Å²) in [4.78, 5) is 0. The lowest BCUT2D eigenvalue weighted by Crippen LogP contribution is -2.24. The fraction of sp³-hybridized carbons (Fsp3) is 0.750. The molecule has 90 valence electrons. The summed E-state index contributed by atoms with van der Waals surface area (Å²) in [7, 11) is 0. The van der Waals surface area contributed by atoms with Crippen LogP contribution in [0, 0.1) is 13.8 Å². The van der Waals surface area contributed by atoms with Crippen LogP contribution in [0.5, 0.6) is 0 Å². The fourth-order valence-electron chi connectivity index (χ4n) is 2.52. The van der Waals surface area contributed by atoms with Crippen LogP contribution in [0.25, 0.3) is 0 Å². The van der Waals surface area contributed by atoms with Crippen molar-refractivity contribution in [2.24, 2.45) is 0 Å². The van der Waals surface area contributed by atoms with Gasteiger partial charge in [0.2, 0.25) is 0 Å². The fourth-order valence-corrected chi connectivity index (χ4v) is 2.78. The second-order valence-electron chi connectivity index (χ2n) is 4.70. The van der Waals surface area contributed by atoms with Crippen molar-refractivity contribution in [3.8, 4) is 0 Å². The lowest BCUT2D eigenvalue weighted by Gasteiger charge is -2.22. The Hall–Kier alpha value is -0.350. The van der Waals surface area contributed by atoms with Gasteiger partial charge in [-0.25, -0.2) is 0 Å². The maximum Gasteiger partial charge on any atom is 0.0781 e. The maximum atomic E-state index is 10.2. The second-order valence-corrected chi connectivity index (χ2v) is 5.50. The summed E-state index contributed by atoms with van der Waals surface area (Å²) in [5, 5.41) is 14.7. The van der Waals surface area contributed by atoms with Crippen molar-refractivity contribution in [3.63, 3.8) is 0 Å². The van der Waals surface area contributed by atoms with Gasteiger partial charge in [-0.3, -0.25) is 4.68 Å². The number of aromatic nitrogens is 2. The maximum absolute atomic E-state index is 10.2. The van der Waals surface area contributed by atoms with Crippen molar-refractivity contribution in [2.45, 2.75) is 58.1 Å². The molecule has 0 saturated heterocycles. The number of aliphatic hydroxyl groups is 1. The van der Waals surface area contributed by atoms with Gasteiger partial charge >= 0.3 is 0 Å². The van der Waals surface area contributed by atoms with Gasteiger partial charge in [0.1, 0.15) is 0 Å². The first-order valence-electron chi connectivity index (χ1n) is 6.00. The number of aliphatic hydroxyl groups excluding tert-OH is 1. The molecule has 1 aliphatic rings. The molecule has 2 unspecified atom stereocenters. The minimum atomic E-state index is -0.243. The van der Waals surface area contributed by atoms with Gasteiger partial charge in [-0.1, -0.05) is 19.3 Å². The van der Waals surface area contributed by atoms with Gasteiger partial charge in [0.25, 0.3) is 0 Å². The molecule has 1 fully saturated rings. The Kier molecular flexibility index (Phi) is 3.70. The first-order chi connectivity index (χ1) is 7.61. The van der Waals surface area contributed by atoms with Crippen LogP contribution < -0.4 is 0 Å². The molecule has 3 nitrogen and oxygen atoms in total. The SMILES string of the molecule is Cc1nn(C2CCCCCC2O)c(C)c1Br. The Labute approximate surface area is 105 Å². The van der Waals surface area contributed by atoms with Crippen LogP contribution in [0.4, 0.5) is 0 Å². The van der Waals surface area contributed by atoms with E-state index in [-0.39, 0.29) is 12.1 Å². The molecule has 16 heavy (non-hydrogen) atoms. The quantitative estimate of drug-likeness (QED) is 0.806. The van der Waals surface area contributed by atoms with Crippen LogP contribution in [0.15, 0.2) is 4.47 Å². The van der Waals surface area contributed by atoms with Crippen molar-refractivity contribution >= 4 is 15.9 Å². The van der Waals surface area contributed by atoms with Gasteiger partial charge in [-0.15, -0.1) is 0 Å².